The number of fused-ring (bicyclic) bond motifs is 1. The fourth-order valence-electron chi connectivity index (χ4n) is 5.27. The second-order valence-corrected chi connectivity index (χ2v) is 10.8. The molecule has 5 aromatic rings. The third-order valence-corrected chi connectivity index (χ3v) is 7.97. The van der Waals surface area contributed by atoms with Crippen molar-refractivity contribution in [3.8, 4) is 33.4 Å². The molecule has 1 aliphatic heterocycles. The molecule has 182 valence electrons. The van der Waals surface area contributed by atoms with Crippen LogP contribution >= 0.6 is 0 Å². The van der Waals surface area contributed by atoms with Crippen LogP contribution in [0.3, 0.4) is 0 Å². The van der Waals surface area contributed by atoms with E-state index in [0.717, 1.165) is 10.8 Å². The van der Waals surface area contributed by atoms with Gasteiger partial charge in [-0.25, -0.2) is 0 Å². The molecule has 1 fully saturated rings. The van der Waals surface area contributed by atoms with Gasteiger partial charge < -0.3 is 9.31 Å². The summed E-state index contributed by atoms with van der Waals surface area (Å²) in [6, 6.07) is 41.0. The summed E-state index contributed by atoms with van der Waals surface area (Å²) in [5, 5.41) is 2.34. The Balaban J connectivity index is 1.61. The van der Waals surface area contributed by atoms with E-state index in [1.165, 1.54) is 38.8 Å². The van der Waals surface area contributed by atoms with Crippen LogP contribution in [0, 0.1) is 0 Å². The maximum atomic E-state index is 6.47. The van der Waals surface area contributed by atoms with E-state index in [-0.39, 0.29) is 0 Å². The first kappa shape index (κ1) is 23.7. The van der Waals surface area contributed by atoms with Gasteiger partial charge in [0.1, 0.15) is 0 Å². The number of hydrogen-bond acceptors (Lipinski definition) is 2. The van der Waals surface area contributed by atoms with Gasteiger partial charge in [0.05, 0.1) is 11.2 Å². The molecule has 0 aliphatic carbocycles. The van der Waals surface area contributed by atoms with Crippen LogP contribution in [0.15, 0.2) is 115 Å². The van der Waals surface area contributed by atoms with Crippen molar-refractivity contribution in [3.05, 3.63) is 115 Å². The lowest BCUT2D eigenvalue weighted by Gasteiger charge is -2.32. The Kier molecular flexibility index (Phi) is 5.79. The zero-order chi connectivity index (χ0) is 25.6. The van der Waals surface area contributed by atoms with Gasteiger partial charge in [0.15, 0.2) is 0 Å². The Bertz CT molecular complexity index is 1500. The molecular formula is C34H31BO2. The lowest BCUT2D eigenvalue weighted by atomic mass is 9.74. The van der Waals surface area contributed by atoms with Crippen LogP contribution in [0.4, 0.5) is 0 Å². The van der Waals surface area contributed by atoms with Crippen LogP contribution in [0.5, 0.6) is 0 Å². The van der Waals surface area contributed by atoms with Crippen molar-refractivity contribution < 1.29 is 9.31 Å². The zero-order valence-corrected chi connectivity index (χ0v) is 21.9. The minimum atomic E-state index is -0.415. The maximum Gasteiger partial charge on any atom is 0.495 e. The van der Waals surface area contributed by atoms with Gasteiger partial charge in [-0.3, -0.25) is 0 Å². The quantitative estimate of drug-likeness (QED) is 0.241. The summed E-state index contributed by atoms with van der Waals surface area (Å²) >= 11 is 0. The molecule has 3 heteroatoms. The Hall–Kier alpha value is -3.66. The molecule has 0 radical (unpaired) electrons. The Morgan fingerprint density at radius 1 is 0.459 bits per heavy atom. The van der Waals surface area contributed by atoms with Gasteiger partial charge in [-0.05, 0) is 77.3 Å². The number of hydrogen-bond donors (Lipinski definition) is 0. The van der Waals surface area contributed by atoms with Gasteiger partial charge in [-0.15, -0.1) is 0 Å². The highest BCUT2D eigenvalue weighted by atomic mass is 16.7. The highest BCUT2D eigenvalue weighted by molar-refractivity contribution is 6.65. The monoisotopic (exact) mass is 482 g/mol. The fourth-order valence-corrected chi connectivity index (χ4v) is 5.27. The second kappa shape index (κ2) is 9.02. The molecule has 1 heterocycles. The highest BCUT2D eigenvalue weighted by Gasteiger charge is 2.52. The summed E-state index contributed by atoms with van der Waals surface area (Å²) in [5.74, 6) is 0. The molecule has 1 saturated heterocycles. The molecule has 0 bridgehead atoms. The molecule has 0 aromatic heterocycles. The lowest BCUT2D eigenvalue weighted by molar-refractivity contribution is 0.00578. The summed E-state index contributed by atoms with van der Waals surface area (Å²) in [7, 11) is -0.415. The summed E-state index contributed by atoms with van der Waals surface area (Å²) in [6.07, 6.45) is 0. The van der Waals surface area contributed by atoms with E-state index in [2.05, 4.69) is 143 Å². The molecule has 0 amide bonds. The average molecular weight is 482 g/mol. The van der Waals surface area contributed by atoms with Gasteiger partial charge in [-0.2, -0.15) is 0 Å². The molecule has 37 heavy (non-hydrogen) atoms. The lowest BCUT2D eigenvalue weighted by Crippen LogP contribution is -2.41. The molecular weight excluding hydrogens is 451 g/mol. The third-order valence-electron chi connectivity index (χ3n) is 7.97. The first-order valence-corrected chi connectivity index (χ1v) is 13.0. The Morgan fingerprint density at radius 2 is 0.946 bits per heavy atom. The van der Waals surface area contributed by atoms with E-state index in [4.69, 9.17) is 9.31 Å². The third kappa shape index (κ3) is 4.09. The molecule has 0 N–H and O–H groups in total. The molecule has 5 aromatic carbocycles. The topological polar surface area (TPSA) is 18.5 Å². The van der Waals surface area contributed by atoms with Gasteiger partial charge in [0, 0.05) is 0 Å². The summed E-state index contributed by atoms with van der Waals surface area (Å²) in [5.41, 5.74) is 7.56. The zero-order valence-electron chi connectivity index (χ0n) is 21.9. The predicted octanol–water partition coefficient (Wildman–Crippen LogP) is 8.14. The molecule has 1 aliphatic rings. The molecule has 6 rings (SSSR count). The van der Waals surface area contributed by atoms with Gasteiger partial charge in [0.2, 0.25) is 0 Å². The van der Waals surface area contributed by atoms with Crippen LogP contribution in [0.2, 0.25) is 0 Å². The van der Waals surface area contributed by atoms with Crippen LogP contribution in [0.1, 0.15) is 27.7 Å². The van der Waals surface area contributed by atoms with E-state index in [0.29, 0.717) is 0 Å². The highest BCUT2D eigenvalue weighted by Crippen LogP contribution is 2.43. The molecule has 0 atom stereocenters. The van der Waals surface area contributed by atoms with Crippen LogP contribution in [-0.4, -0.2) is 18.3 Å². The van der Waals surface area contributed by atoms with E-state index in [1.54, 1.807) is 0 Å². The Morgan fingerprint density at radius 3 is 1.49 bits per heavy atom. The molecule has 0 spiro atoms. The first-order valence-electron chi connectivity index (χ1n) is 13.0. The molecule has 0 unspecified atom stereocenters. The molecule has 2 nitrogen and oxygen atoms in total. The van der Waals surface area contributed by atoms with E-state index in [1.807, 2.05) is 0 Å². The van der Waals surface area contributed by atoms with Crippen LogP contribution < -0.4 is 5.46 Å². The van der Waals surface area contributed by atoms with Gasteiger partial charge in [-0.1, -0.05) is 115 Å². The SMILES string of the molecule is CC1(C)OB(c2ccc(-c3c(-c4ccccc4)cccc3-c3ccccc3)c3ccccc23)OC1(C)C. The first-order chi connectivity index (χ1) is 17.9. The standard InChI is InChI=1S/C34H31BO2/c1-33(2)34(3,4)37-35(36-33)31-23-22-30(28-18-11-12-19-29(28)31)32-26(24-14-7-5-8-15-24)20-13-21-27(32)25-16-9-6-10-17-25/h5-23H,1-4H3. The van der Waals surface area contributed by atoms with Crippen molar-refractivity contribution in [1.82, 2.24) is 0 Å². The summed E-state index contributed by atoms with van der Waals surface area (Å²) in [4.78, 5) is 0. The van der Waals surface area contributed by atoms with E-state index in [9.17, 15) is 0 Å². The maximum absolute atomic E-state index is 6.47. The van der Waals surface area contributed by atoms with Crippen molar-refractivity contribution in [3.63, 3.8) is 0 Å². The van der Waals surface area contributed by atoms with E-state index >= 15 is 0 Å². The predicted molar refractivity (Wildman–Crippen MR) is 156 cm³/mol. The van der Waals surface area contributed by atoms with Gasteiger partial charge in [0.25, 0.3) is 0 Å². The van der Waals surface area contributed by atoms with Crippen LogP contribution in [-0.2, 0) is 9.31 Å². The van der Waals surface area contributed by atoms with Gasteiger partial charge >= 0.3 is 7.12 Å². The largest absolute Gasteiger partial charge is 0.495 e. The minimum absolute atomic E-state index is 0.391. The Labute approximate surface area is 220 Å². The fraction of sp³-hybridized carbons (Fsp3) is 0.176. The van der Waals surface area contributed by atoms with Crippen molar-refractivity contribution in [2.45, 2.75) is 38.9 Å². The summed E-state index contributed by atoms with van der Waals surface area (Å²) < 4.78 is 12.9. The number of rotatable bonds is 4. The van der Waals surface area contributed by atoms with Crippen LogP contribution in [0.25, 0.3) is 44.2 Å². The number of benzene rings is 5. The van der Waals surface area contributed by atoms with Crippen molar-refractivity contribution in [2.24, 2.45) is 0 Å². The smallest absolute Gasteiger partial charge is 0.399 e. The second-order valence-electron chi connectivity index (χ2n) is 10.8. The average Bonchev–Trinajstić information content (AvgIpc) is 3.14. The van der Waals surface area contributed by atoms with E-state index < -0.39 is 18.3 Å². The van der Waals surface area contributed by atoms with Crippen molar-refractivity contribution in [1.29, 1.82) is 0 Å². The normalized spacial score (nSPS) is 16.3. The van der Waals surface area contributed by atoms with Crippen molar-refractivity contribution in [2.75, 3.05) is 0 Å². The van der Waals surface area contributed by atoms with Crippen molar-refractivity contribution >= 4 is 23.4 Å². The molecule has 0 saturated carbocycles. The summed E-state index contributed by atoms with van der Waals surface area (Å²) in [6.45, 7) is 8.41. The minimum Gasteiger partial charge on any atom is -0.399 e.